The molecule has 0 spiro atoms. The second kappa shape index (κ2) is 6.55. The summed E-state index contributed by atoms with van der Waals surface area (Å²) in [5.74, 6) is -0.191. The molecule has 2 aliphatic rings. The summed E-state index contributed by atoms with van der Waals surface area (Å²) in [5, 5.41) is 8.22. The Bertz CT molecular complexity index is 1000. The zero-order chi connectivity index (χ0) is 18.5. The maximum absolute atomic E-state index is 13.0. The fraction of sp³-hybridized carbons (Fsp3) is 0.412. The van der Waals surface area contributed by atoms with Crippen LogP contribution in [0.15, 0.2) is 18.2 Å². The lowest BCUT2D eigenvalue weighted by molar-refractivity contribution is 0.101. The number of aromatic nitrogens is 2. The molecule has 1 N–H and O–H groups in total. The van der Waals surface area contributed by atoms with Crippen molar-refractivity contribution in [1.29, 1.82) is 0 Å². The van der Waals surface area contributed by atoms with E-state index >= 15 is 0 Å². The Hall–Kier alpha value is -1.57. The summed E-state index contributed by atoms with van der Waals surface area (Å²) >= 11 is 12.1. The molecule has 1 aliphatic heterocycles. The lowest BCUT2D eigenvalue weighted by Crippen LogP contribution is -2.23. The molecule has 9 heteroatoms. The predicted octanol–water partition coefficient (Wildman–Crippen LogP) is 3.29. The van der Waals surface area contributed by atoms with Crippen molar-refractivity contribution in [3.63, 3.8) is 0 Å². The first kappa shape index (κ1) is 17.8. The minimum atomic E-state index is -3.08. The van der Waals surface area contributed by atoms with Crippen LogP contribution in [0.2, 0.25) is 10.0 Å². The fourth-order valence-electron chi connectivity index (χ4n) is 3.66. The van der Waals surface area contributed by atoms with Gasteiger partial charge < -0.3 is 5.32 Å². The Kier molecular flexibility index (Phi) is 4.49. The normalized spacial score (nSPS) is 20.9. The molecule has 1 aromatic carbocycles. The number of sulfone groups is 1. The van der Waals surface area contributed by atoms with Crippen LogP contribution in [0.1, 0.15) is 40.6 Å². The number of carbonyl (C=O) groups excluding carboxylic acids is 1. The van der Waals surface area contributed by atoms with Crippen LogP contribution in [-0.4, -0.2) is 35.6 Å². The molecule has 1 atom stereocenters. The first-order chi connectivity index (χ1) is 12.3. The van der Waals surface area contributed by atoms with Crippen LogP contribution in [-0.2, 0) is 22.7 Å². The van der Waals surface area contributed by atoms with Gasteiger partial charge >= 0.3 is 0 Å². The van der Waals surface area contributed by atoms with Crippen molar-refractivity contribution in [3.05, 3.63) is 45.2 Å². The molecule has 1 saturated heterocycles. The number of rotatable bonds is 3. The Balaban J connectivity index is 1.71. The summed E-state index contributed by atoms with van der Waals surface area (Å²) in [6.07, 6.45) is 2.99. The van der Waals surface area contributed by atoms with Gasteiger partial charge in [0.25, 0.3) is 5.91 Å². The molecule has 0 bridgehead atoms. The van der Waals surface area contributed by atoms with Gasteiger partial charge in [0, 0.05) is 10.6 Å². The summed E-state index contributed by atoms with van der Waals surface area (Å²) in [5.41, 5.74) is 2.65. The average molecular weight is 414 g/mol. The van der Waals surface area contributed by atoms with E-state index in [0.717, 1.165) is 30.5 Å². The van der Waals surface area contributed by atoms with Gasteiger partial charge in [0.2, 0.25) is 0 Å². The number of anilines is 1. The molecular formula is C17H17Cl2N3O3S. The van der Waals surface area contributed by atoms with E-state index in [2.05, 4.69) is 10.4 Å². The van der Waals surface area contributed by atoms with Gasteiger partial charge in [0.15, 0.2) is 9.84 Å². The van der Waals surface area contributed by atoms with Crippen LogP contribution in [0, 0.1) is 0 Å². The van der Waals surface area contributed by atoms with E-state index in [1.807, 2.05) is 0 Å². The van der Waals surface area contributed by atoms with Gasteiger partial charge in [-0.05, 0) is 43.9 Å². The predicted molar refractivity (Wildman–Crippen MR) is 101 cm³/mol. The van der Waals surface area contributed by atoms with Crippen LogP contribution in [0.4, 0.5) is 5.69 Å². The number of carbonyl (C=O) groups is 1. The van der Waals surface area contributed by atoms with Crippen LogP contribution >= 0.6 is 23.2 Å². The summed E-state index contributed by atoms with van der Waals surface area (Å²) < 4.78 is 25.4. The van der Waals surface area contributed by atoms with E-state index in [9.17, 15) is 13.2 Å². The quantitative estimate of drug-likeness (QED) is 0.836. The van der Waals surface area contributed by atoms with Crippen molar-refractivity contribution in [3.8, 4) is 0 Å². The Morgan fingerprint density at radius 3 is 2.81 bits per heavy atom. The van der Waals surface area contributed by atoms with Gasteiger partial charge in [0.1, 0.15) is 5.69 Å². The molecule has 6 nitrogen and oxygen atoms in total. The molecular weight excluding hydrogens is 397 g/mol. The molecule has 1 fully saturated rings. The number of nitrogens with one attached hydrogen (secondary N) is 1. The molecule has 2 heterocycles. The SMILES string of the molecule is O=C(Nc1cc(Cl)ccc1Cl)c1c2c(nn1[C@@H]1CCS(=O)(=O)C1)CCC2. The van der Waals surface area contributed by atoms with Crippen LogP contribution in [0.3, 0.4) is 0 Å². The van der Waals surface area contributed by atoms with Crippen molar-refractivity contribution in [1.82, 2.24) is 9.78 Å². The lowest BCUT2D eigenvalue weighted by atomic mass is 10.1. The van der Waals surface area contributed by atoms with Gasteiger partial charge in [-0.15, -0.1) is 0 Å². The van der Waals surface area contributed by atoms with Gasteiger partial charge in [-0.2, -0.15) is 5.10 Å². The number of nitrogens with zero attached hydrogens (tertiary/aromatic N) is 2. The summed E-state index contributed by atoms with van der Waals surface area (Å²) in [7, 11) is -3.08. The van der Waals surface area contributed by atoms with Gasteiger partial charge in [-0.3, -0.25) is 9.48 Å². The fourth-order valence-corrected chi connectivity index (χ4v) is 5.69. The Morgan fingerprint density at radius 1 is 1.27 bits per heavy atom. The molecule has 2 aromatic rings. The molecule has 0 unspecified atom stereocenters. The third-order valence-electron chi connectivity index (χ3n) is 4.88. The average Bonchev–Trinajstić information content (AvgIpc) is 3.23. The maximum atomic E-state index is 13.0. The first-order valence-corrected chi connectivity index (χ1v) is 11.0. The minimum Gasteiger partial charge on any atom is -0.319 e. The Labute approximate surface area is 161 Å². The molecule has 138 valence electrons. The number of benzene rings is 1. The molecule has 1 aliphatic carbocycles. The number of aryl methyl sites for hydroxylation is 1. The summed E-state index contributed by atoms with van der Waals surface area (Å²) in [6.45, 7) is 0. The number of amides is 1. The first-order valence-electron chi connectivity index (χ1n) is 8.41. The molecule has 0 saturated carbocycles. The highest BCUT2D eigenvalue weighted by molar-refractivity contribution is 7.91. The zero-order valence-corrected chi connectivity index (χ0v) is 16.2. The van der Waals surface area contributed by atoms with Crippen molar-refractivity contribution < 1.29 is 13.2 Å². The lowest BCUT2D eigenvalue weighted by Gasteiger charge is -2.15. The van der Waals surface area contributed by atoms with E-state index in [0.29, 0.717) is 27.8 Å². The van der Waals surface area contributed by atoms with Crippen LogP contribution < -0.4 is 5.32 Å². The summed E-state index contributed by atoms with van der Waals surface area (Å²) in [4.78, 5) is 13.0. The highest BCUT2D eigenvalue weighted by Gasteiger charge is 2.35. The van der Waals surface area contributed by atoms with E-state index in [-0.39, 0.29) is 23.5 Å². The number of hydrogen-bond donors (Lipinski definition) is 1. The molecule has 0 radical (unpaired) electrons. The largest absolute Gasteiger partial charge is 0.319 e. The highest BCUT2D eigenvalue weighted by atomic mass is 35.5. The standard InChI is InChI=1S/C17H17Cl2N3O3S/c18-10-4-5-13(19)15(8-10)20-17(23)16-12-2-1-3-14(12)21-22(16)11-6-7-26(24,25)9-11/h4-5,8,11H,1-3,6-7,9H2,(H,20,23)/t11-/m1/s1. The highest BCUT2D eigenvalue weighted by Crippen LogP contribution is 2.32. The minimum absolute atomic E-state index is 0.0196. The second-order valence-electron chi connectivity index (χ2n) is 6.71. The smallest absolute Gasteiger partial charge is 0.274 e. The van der Waals surface area contributed by atoms with Crippen molar-refractivity contribution in [2.24, 2.45) is 0 Å². The third kappa shape index (κ3) is 3.23. The van der Waals surface area contributed by atoms with Gasteiger partial charge in [0.05, 0.1) is 34.0 Å². The van der Waals surface area contributed by atoms with Crippen LogP contribution in [0.25, 0.3) is 0 Å². The maximum Gasteiger partial charge on any atom is 0.274 e. The third-order valence-corrected chi connectivity index (χ3v) is 7.19. The molecule has 4 rings (SSSR count). The van der Waals surface area contributed by atoms with Crippen molar-refractivity contribution >= 4 is 44.6 Å². The molecule has 1 amide bonds. The van der Waals surface area contributed by atoms with Gasteiger partial charge in [-0.1, -0.05) is 23.2 Å². The summed E-state index contributed by atoms with van der Waals surface area (Å²) in [6, 6.07) is 4.54. The van der Waals surface area contributed by atoms with Crippen molar-refractivity contribution in [2.75, 3.05) is 16.8 Å². The topological polar surface area (TPSA) is 81.1 Å². The molecule has 1 aromatic heterocycles. The van der Waals surface area contributed by atoms with E-state index in [1.54, 1.807) is 22.9 Å². The second-order valence-corrected chi connectivity index (χ2v) is 9.78. The van der Waals surface area contributed by atoms with Crippen molar-refractivity contribution in [2.45, 2.75) is 31.7 Å². The number of hydrogen-bond acceptors (Lipinski definition) is 4. The molecule has 26 heavy (non-hydrogen) atoms. The van der Waals surface area contributed by atoms with E-state index < -0.39 is 9.84 Å². The number of halogens is 2. The van der Waals surface area contributed by atoms with E-state index in [4.69, 9.17) is 23.2 Å². The zero-order valence-electron chi connectivity index (χ0n) is 13.8. The van der Waals surface area contributed by atoms with E-state index in [1.165, 1.54) is 0 Å². The monoisotopic (exact) mass is 413 g/mol. The van der Waals surface area contributed by atoms with Gasteiger partial charge in [-0.25, -0.2) is 8.42 Å². The van der Waals surface area contributed by atoms with Crippen LogP contribution in [0.5, 0.6) is 0 Å². The Morgan fingerprint density at radius 2 is 2.08 bits per heavy atom. The number of fused-ring (bicyclic) bond motifs is 1.